The van der Waals surface area contributed by atoms with Crippen LogP contribution in [0, 0.1) is 12.7 Å². The van der Waals surface area contributed by atoms with Gasteiger partial charge in [-0.3, -0.25) is 4.98 Å². The van der Waals surface area contributed by atoms with E-state index >= 15 is 0 Å². The molecule has 138 valence electrons. The normalized spacial score (nSPS) is 11.9. The van der Waals surface area contributed by atoms with Gasteiger partial charge in [0.2, 0.25) is 0 Å². The van der Waals surface area contributed by atoms with Crippen LogP contribution in [0.2, 0.25) is 0 Å². The standard InChI is InChI=1S/C25H20FNO/c1-14(2)20-13-27-24(17-8-6-9-21(26)23(17)20)19-12-15(3)11-18-16-7-4-5-10-22(16)28-25(18)19/h4-14H,1-3H3. The molecule has 0 fully saturated rings. The highest BCUT2D eigenvalue weighted by molar-refractivity contribution is 6.12. The molecule has 3 aromatic carbocycles. The number of aromatic nitrogens is 1. The van der Waals surface area contributed by atoms with E-state index in [9.17, 15) is 4.39 Å². The van der Waals surface area contributed by atoms with Crippen LogP contribution in [0.3, 0.4) is 0 Å². The summed E-state index contributed by atoms with van der Waals surface area (Å²) in [7, 11) is 0. The van der Waals surface area contributed by atoms with Gasteiger partial charge in [-0.05, 0) is 48.2 Å². The van der Waals surface area contributed by atoms with Crippen molar-refractivity contribution in [3.8, 4) is 11.3 Å². The minimum atomic E-state index is -0.210. The highest BCUT2D eigenvalue weighted by Crippen LogP contribution is 2.40. The number of hydrogen-bond acceptors (Lipinski definition) is 2. The number of nitrogens with zero attached hydrogens (tertiary/aromatic N) is 1. The van der Waals surface area contributed by atoms with Gasteiger partial charge in [0, 0.05) is 33.3 Å². The van der Waals surface area contributed by atoms with Crippen molar-refractivity contribution in [2.75, 3.05) is 0 Å². The largest absolute Gasteiger partial charge is 0.455 e. The van der Waals surface area contributed by atoms with Crippen LogP contribution in [0.5, 0.6) is 0 Å². The van der Waals surface area contributed by atoms with E-state index in [1.807, 2.05) is 30.5 Å². The van der Waals surface area contributed by atoms with Crippen LogP contribution in [0.4, 0.5) is 4.39 Å². The zero-order chi connectivity index (χ0) is 19.4. The first-order valence-corrected chi connectivity index (χ1v) is 9.54. The van der Waals surface area contributed by atoms with Crippen molar-refractivity contribution in [2.45, 2.75) is 26.7 Å². The van der Waals surface area contributed by atoms with Crippen molar-refractivity contribution in [3.05, 3.63) is 77.7 Å². The van der Waals surface area contributed by atoms with Gasteiger partial charge in [0.25, 0.3) is 0 Å². The van der Waals surface area contributed by atoms with Crippen molar-refractivity contribution in [2.24, 2.45) is 0 Å². The molecule has 0 unspecified atom stereocenters. The first-order chi connectivity index (χ1) is 13.5. The average molecular weight is 369 g/mol. The summed E-state index contributed by atoms with van der Waals surface area (Å²) < 4.78 is 21.0. The number of halogens is 1. The maximum Gasteiger partial charge on any atom is 0.144 e. The Bertz CT molecular complexity index is 1360. The molecule has 2 heterocycles. The van der Waals surface area contributed by atoms with Crippen LogP contribution >= 0.6 is 0 Å². The number of benzene rings is 3. The Kier molecular flexibility index (Phi) is 3.73. The molecule has 0 bridgehead atoms. The summed E-state index contributed by atoms with van der Waals surface area (Å²) in [6.07, 6.45) is 1.81. The summed E-state index contributed by atoms with van der Waals surface area (Å²) >= 11 is 0. The third kappa shape index (κ3) is 2.43. The number of para-hydroxylation sites is 1. The molecule has 0 aliphatic heterocycles. The molecule has 0 radical (unpaired) electrons. The molecule has 0 atom stereocenters. The molecule has 0 saturated carbocycles. The molecule has 0 saturated heterocycles. The number of aryl methyl sites for hydroxylation is 1. The highest BCUT2D eigenvalue weighted by atomic mass is 19.1. The van der Waals surface area contributed by atoms with Gasteiger partial charge in [-0.15, -0.1) is 0 Å². The lowest BCUT2D eigenvalue weighted by Crippen LogP contribution is -1.97. The van der Waals surface area contributed by atoms with Crippen LogP contribution in [-0.4, -0.2) is 4.98 Å². The highest BCUT2D eigenvalue weighted by Gasteiger charge is 2.19. The molecular formula is C25H20FNO. The summed E-state index contributed by atoms with van der Waals surface area (Å²) in [5.74, 6) is -0.0250. The third-order valence-corrected chi connectivity index (χ3v) is 5.39. The average Bonchev–Trinajstić information content (AvgIpc) is 3.05. The Morgan fingerprint density at radius 1 is 0.929 bits per heavy atom. The minimum absolute atomic E-state index is 0.185. The van der Waals surface area contributed by atoms with Crippen LogP contribution in [0.25, 0.3) is 44.0 Å². The molecule has 0 aliphatic rings. The molecular weight excluding hydrogens is 349 g/mol. The van der Waals surface area contributed by atoms with E-state index in [4.69, 9.17) is 9.40 Å². The maximum atomic E-state index is 14.8. The van der Waals surface area contributed by atoms with Crippen LogP contribution in [0.1, 0.15) is 30.9 Å². The van der Waals surface area contributed by atoms with Gasteiger partial charge in [-0.2, -0.15) is 0 Å². The predicted molar refractivity (Wildman–Crippen MR) is 113 cm³/mol. The molecule has 2 aromatic heterocycles. The molecule has 0 N–H and O–H groups in total. The lowest BCUT2D eigenvalue weighted by atomic mass is 9.94. The van der Waals surface area contributed by atoms with Crippen LogP contribution in [0.15, 0.2) is 65.2 Å². The van der Waals surface area contributed by atoms with Gasteiger partial charge in [0.15, 0.2) is 0 Å². The smallest absolute Gasteiger partial charge is 0.144 e. The van der Waals surface area contributed by atoms with Crippen molar-refractivity contribution in [1.82, 2.24) is 4.98 Å². The monoisotopic (exact) mass is 369 g/mol. The molecule has 0 spiro atoms. The maximum absolute atomic E-state index is 14.8. The second-order valence-corrected chi connectivity index (χ2v) is 7.67. The lowest BCUT2D eigenvalue weighted by molar-refractivity contribution is 0.637. The summed E-state index contributed by atoms with van der Waals surface area (Å²) in [6, 6.07) is 17.5. The number of pyridine rings is 1. The first kappa shape index (κ1) is 16.9. The van der Waals surface area contributed by atoms with Crippen LogP contribution in [-0.2, 0) is 0 Å². The predicted octanol–water partition coefficient (Wildman–Crippen LogP) is 7.37. The van der Waals surface area contributed by atoms with E-state index < -0.39 is 0 Å². The van der Waals surface area contributed by atoms with E-state index in [0.717, 1.165) is 49.7 Å². The summed E-state index contributed by atoms with van der Waals surface area (Å²) in [5, 5.41) is 3.61. The Morgan fingerprint density at radius 2 is 1.71 bits per heavy atom. The Morgan fingerprint density at radius 3 is 2.54 bits per heavy atom. The van der Waals surface area contributed by atoms with Gasteiger partial charge >= 0.3 is 0 Å². The second kappa shape index (κ2) is 6.16. The van der Waals surface area contributed by atoms with E-state index in [2.05, 4.69) is 39.0 Å². The Labute approximate surface area is 162 Å². The summed E-state index contributed by atoms with van der Waals surface area (Å²) in [6.45, 7) is 6.19. The van der Waals surface area contributed by atoms with Gasteiger partial charge in [0.05, 0.1) is 5.69 Å². The van der Waals surface area contributed by atoms with Gasteiger partial charge in [0.1, 0.15) is 17.0 Å². The van der Waals surface area contributed by atoms with E-state index in [1.54, 1.807) is 6.07 Å². The quantitative estimate of drug-likeness (QED) is 0.324. The van der Waals surface area contributed by atoms with E-state index in [-0.39, 0.29) is 11.7 Å². The lowest BCUT2D eigenvalue weighted by Gasteiger charge is -2.14. The first-order valence-electron chi connectivity index (χ1n) is 9.54. The zero-order valence-corrected chi connectivity index (χ0v) is 16.1. The minimum Gasteiger partial charge on any atom is -0.455 e. The fraction of sp³-hybridized carbons (Fsp3) is 0.160. The summed E-state index contributed by atoms with van der Waals surface area (Å²) in [4.78, 5) is 4.77. The fourth-order valence-corrected chi connectivity index (χ4v) is 4.08. The number of hydrogen-bond donors (Lipinski definition) is 0. The Balaban J connectivity index is 1.93. The molecule has 28 heavy (non-hydrogen) atoms. The topological polar surface area (TPSA) is 26.0 Å². The van der Waals surface area contributed by atoms with Crippen molar-refractivity contribution >= 4 is 32.7 Å². The zero-order valence-electron chi connectivity index (χ0n) is 16.1. The molecule has 3 heteroatoms. The van der Waals surface area contributed by atoms with Gasteiger partial charge < -0.3 is 4.42 Å². The molecule has 0 amide bonds. The van der Waals surface area contributed by atoms with Gasteiger partial charge in [-0.1, -0.05) is 44.2 Å². The molecule has 0 aliphatic carbocycles. The molecule has 5 aromatic rings. The number of rotatable bonds is 2. The number of fused-ring (bicyclic) bond motifs is 4. The third-order valence-electron chi connectivity index (χ3n) is 5.39. The number of furan rings is 1. The Hall–Kier alpha value is -3.20. The van der Waals surface area contributed by atoms with E-state index in [1.165, 1.54) is 6.07 Å². The second-order valence-electron chi connectivity index (χ2n) is 7.67. The fourth-order valence-electron chi connectivity index (χ4n) is 4.08. The summed E-state index contributed by atoms with van der Waals surface area (Å²) in [5.41, 5.74) is 5.34. The molecule has 5 rings (SSSR count). The van der Waals surface area contributed by atoms with Crippen LogP contribution < -0.4 is 0 Å². The van der Waals surface area contributed by atoms with Gasteiger partial charge in [-0.25, -0.2) is 4.39 Å². The van der Waals surface area contributed by atoms with Crippen molar-refractivity contribution in [1.29, 1.82) is 0 Å². The molecule has 2 nitrogen and oxygen atoms in total. The SMILES string of the molecule is Cc1cc(-c2ncc(C(C)C)c3c(F)cccc23)c2oc3ccccc3c2c1. The van der Waals surface area contributed by atoms with E-state index in [0.29, 0.717) is 5.39 Å². The van der Waals surface area contributed by atoms with Crippen molar-refractivity contribution < 1.29 is 8.81 Å². The van der Waals surface area contributed by atoms with Crippen molar-refractivity contribution in [3.63, 3.8) is 0 Å².